The van der Waals surface area contributed by atoms with Gasteiger partial charge in [0.15, 0.2) is 5.60 Å². The molecule has 1 saturated heterocycles. The minimum absolute atomic E-state index is 0.383. The minimum Gasteiger partial charge on any atom is -0.480 e. The molecule has 1 aliphatic heterocycles. The van der Waals surface area contributed by atoms with Crippen LogP contribution in [0.1, 0.15) is 22.5 Å². The van der Waals surface area contributed by atoms with Crippen LogP contribution in [0.5, 0.6) is 0 Å². The summed E-state index contributed by atoms with van der Waals surface area (Å²) in [6, 6.07) is 29.8. The number of carbonyl (C=O) groups is 3. The van der Waals surface area contributed by atoms with Crippen LogP contribution >= 0.6 is 0 Å². The maximum Gasteiger partial charge on any atom is 0.323 e. The van der Waals surface area contributed by atoms with Crippen molar-refractivity contribution in [1.82, 2.24) is 14.9 Å². The van der Waals surface area contributed by atoms with Crippen LogP contribution in [-0.2, 0) is 20.0 Å². The molecule has 43 heavy (non-hydrogen) atoms. The number of pyridine rings is 2. The minimum atomic E-state index is -1.73. The van der Waals surface area contributed by atoms with Gasteiger partial charge in [-0.25, -0.2) is 0 Å². The Balaban J connectivity index is 1.51. The molecule has 2 aromatic carbocycles. The number of carboxylic acids is 1. The number of allylic oxidation sites excluding steroid dienone is 2. The molecule has 5 atom stereocenters. The first kappa shape index (κ1) is 26.7. The second-order valence-electron chi connectivity index (χ2n) is 11.0. The third-order valence-corrected chi connectivity index (χ3v) is 8.83. The quantitative estimate of drug-likeness (QED) is 0.254. The van der Waals surface area contributed by atoms with E-state index in [-0.39, 0.29) is 0 Å². The monoisotopic (exact) mass is 569 g/mol. The molecule has 4 aromatic rings. The van der Waals surface area contributed by atoms with Gasteiger partial charge in [-0.2, -0.15) is 0 Å². The predicted molar refractivity (Wildman–Crippen MR) is 157 cm³/mol. The fourth-order valence-corrected chi connectivity index (χ4v) is 7.20. The number of aromatic nitrogens is 2. The average molecular weight is 570 g/mol. The van der Waals surface area contributed by atoms with Gasteiger partial charge in [0.25, 0.3) is 0 Å². The van der Waals surface area contributed by atoms with E-state index >= 15 is 0 Å². The summed E-state index contributed by atoms with van der Waals surface area (Å²) >= 11 is 0. The Labute approximate surface area is 247 Å². The Morgan fingerprint density at radius 2 is 1.42 bits per heavy atom. The van der Waals surface area contributed by atoms with Gasteiger partial charge in [-0.1, -0.05) is 78.9 Å². The summed E-state index contributed by atoms with van der Waals surface area (Å²) in [7, 11) is 0. The molecule has 2 aromatic heterocycles. The fraction of sp³-hybridized carbons (Fsp3) is 0.171. The van der Waals surface area contributed by atoms with Gasteiger partial charge in [0.05, 0.1) is 23.2 Å². The molecular weight excluding hydrogens is 542 g/mol. The van der Waals surface area contributed by atoms with Gasteiger partial charge in [-0.3, -0.25) is 29.3 Å². The Kier molecular flexibility index (Phi) is 6.36. The van der Waals surface area contributed by atoms with Gasteiger partial charge in [0.1, 0.15) is 6.54 Å². The SMILES string of the molecule is O=C(O)CN1C(=O)[C@@H]2[C@@H]3C(C(O)(c4ccccc4)c4ccccn4)=C[C@@H](C3=C(c3ccccc3)c3ccccn3)[C@@H]2C1=O. The van der Waals surface area contributed by atoms with Gasteiger partial charge < -0.3 is 10.2 Å². The number of carboxylic acid groups (broad SMARTS) is 1. The van der Waals surface area contributed by atoms with Crippen LogP contribution in [0.15, 0.2) is 127 Å². The predicted octanol–water partition coefficient (Wildman–Crippen LogP) is 4.09. The van der Waals surface area contributed by atoms with Gasteiger partial charge in [-0.15, -0.1) is 0 Å². The average Bonchev–Trinajstić information content (AvgIpc) is 3.66. The van der Waals surface area contributed by atoms with E-state index in [2.05, 4.69) is 9.97 Å². The number of aliphatic hydroxyl groups is 1. The normalized spacial score (nSPS) is 24.9. The van der Waals surface area contributed by atoms with Crippen LogP contribution in [0.25, 0.3) is 5.57 Å². The standard InChI is InChI=1S/C35H27N3O5/c39-27(40)20-38-33(41)30-23-19-24(35(43,22-13-5-2-6-14-22)26-16-8-10-18-37-26)31(32(30)34(38)42)29(23)28(21-11-3-1-4-12-21)25-15-7-9-17-36-25/h1-19,23,30-32,43H,20H2,(H,39,40)/t23-,30-,31+,32-,35?/m0/s1. The van der Waals surface area contributed by atoms with Crippen molar-refractivity contribution in [3.63, 3.8) is 0 Å². The third-order valence-electron chi connectivity index (χ3n) is 8.83. The highest BCUT2D eigenvalue weighted by Gasteiger charge is 2.67. The van der Waals surface area contributed by atoms with E-state index < -0.39 is 53.6 Å². The number of amides is 2. The van der Waals surface area contributed by atoms with Gasteiger partial charge in [0, 0.05) is 29.8 Å². The van der Waals surface area contributed by atoms with E-state index in [0.717, 1.165) is 21.6 Å². The first-order valence-electron chi connectivity index (χ1n) is 14.1. The summed E-state index contributed by atoms with van der Waals surface area (Å²) < 4.78 is 0. The van der Waals surface area contributed by atoms with E-state index in [9.17, 15) is 24.6 Å². The summed E-state index contributed by atoms with van der Waals surface area (Å²) in [5, 5.41) is 22.3. The number of benzene rings is 2. The fourth-order valence-electron chi connectivity index (χ4n) is 7.20. The number of likely N-dealkylation sites (tertiary alicyclic amines) is 1. The van der Waals surface area contributed by atoms with Crippen molar-refractivity contribution in [3.05, 3.63) is 149 Å². The van der Waals surface area contributed by atoms with E-state index in [1.54, 1.807) is 30.6 Å². The molecule has 2 fully saturated rings. The summed E-state index contributed by atoms with van der Waals surface area (Å²) in [5.41, 5.74) is 2.92. The lowest BCUT2D eigenvalue weighted by atomic mass is 9.71. The number of hydrogen-bond donors (Lipinski definition) is 2. The van der Waals surface area contributed by atoms with Crippen LogP contribution in [0.4, 0.5) is 0 Å². The summed E-state index contributed by atoms with van der Waals surface area (Å²) in [4.78, 5) is 49.5. The van der Waals surface area contributed by atoms with E-state index in [0.29, 0.717) is 22.5 Å². The second kappa shape index (κ2) is 10.3. The highest BCUT2D eigenvalue weighted by atomic mass is 16.4. The largest absolute Gasteiger partial charge is 0.480 e. The Morgan fingerprint density at radius 3 is 2.05 bits per heavy atom. The van der Waals surface area contributed by atoms with Crippen molar-refractivity contribution in [3.8, 4) is 0 Å². The van der Waals surface area contributed by atoms with Crippen LogP contribution in [0.3, 0.4) is 0 Å². The number of rotatable bonds is 7. The summed E-state index contributed by atoms with van der Waals surface area (Å²) in [5.74, 6) is -5.27. The van der Waals surface area contributed by atoms with Gasteiger partial charge >= 0.3 is 5.97 Å². The summed E-state index contributed by atoms with van der Waals surface area (Å²) in [6.07, 6.45) is 5.22. The maximum atomic E-state index is 14.0. The molecule has 3 heterocycles. The molecule has 0 radical (unpaired) electrons. The zero-order chi connectivity index (χ0) is 29.7. The molecule has 7 rings (SSSR count). The second-order valence-corrected chi connectivity index (χ2v) is 11.0. The molecule has 0 spiro atoms. The van der Waals surface area contributed by atoms with Crippen molar-refractivity contribution in [2.45, 2.75) is 5.60 Å². The Morgan fingerprint density at radius 1 is 0.791 bits per heavy atom. The molecule has 2 bridgehead atoms. The lowest BCUT2D eigenvalue weighted by Gasteiger charge is -2.36. The maximum absolute atomic E-state index is 14.0. The highest BCUT2D eigenvalue weighted by Crippen LogP contribution is 2.64. The van der Waals surface area contributed by atoms with Crippen LogP contribution in [0, 0.1) is 23.7 Å². The zero-order valence-electron chi connectivity index (χ0n) is 22.9. The highest BCUT2D eigenvalue weighted by molar-refractivity contribution is 6.09. The van der Waals surface area contributed by atoms with Crippen molar-refractivity contribution in [1.29, 1.82) is 0 Å². The van der Waals surface area contributed by atoms with Gasteiger partial charge in [-0.05, 0) is 46.5 Å². The van der Waals surface area contributed by atoms with Crippen LogP contribution < -0.4 is 0 Å². The molecule has 2 amide bonds. The number of imide groups is 1. The number of aliphatic carboxylic acids is 1. The van der Waals surface area contributed by atoms with Gasteiger partial charge in [0.2, 0.25) is 11.8 Å². The number of nitrogens with zero attached hydrogens (tertiary/aromatic N) is 3. The van der Waals surface area contributed by atoms with Crippen molar-refractivity contribution in [2.24, 2.45) is 23.7 Å². The van der Waals surface area contributed by atoms with Crippen molar-refractivity contribution < 1.29 is 24.6 Å². The molecule has 2 aliphatic carbocycles. The molecule has 2 N–H and O–H groups in total. The zero-order valence-corrected chi connectivity index (χ0v) is 22.9. The molecule has 8 nitrogen and oxygen atoms in total. The lowest BCUT2D eigenvalue weighted by Crippen LogP contribution is -2.39. The van der Waals surface area contributed by atoms with E-state index in [1.807, 2.05) is 84.9 Å². The Hall–Kier alpha value is -5.21. The first-order valence-corrected chi connectivity index (χ1v) is 14.1. The molecule has 212 valence electrons. The molecule has 1 saturated carbocycles. The van der Waals surface area contributed by atoms with E-state index in [4.69, 9.17) is 0 Å². The summed E-state index contributed by atoms with van der Waals surface area (Å²) in [6.45, 7) is -0.701. The van der Waals surface area contributed by atoms with E-state index in [1.165, 1.54) is 0 Å². The number of hydrogen-bond acceptors (Lipinski definition) is 6. The number of fused-ring (bicyclic) bond motifs is 5. The molecule has 8 heteroatoms. The molecule has 1 unspecified atom stereocenters. The van der Waals surface area contributed by atoms with Crippen molar-refractivity contribution in [2.75, 3.05) is 6.54 Å². The van der Waals surface area contributed by atoms with Crippen molar-refractivity contribution >= 4 is 23.4 Å². The van der Waals surface area contributed by atoms with Crippen LogP contribution in [0.2, 0.25) is 0 Å². The lowest BCUT2D eigenvalue weighted by molar-refractivity contribution is -0.149. The topological polar surface area (TPSA) is 121 Å². The first-order chi connectivity index (χ1) is 20.9. The molecular formula is C35H27N3O5. The smallest absolute Gasteiger partial charge is 0.323 e. The number of carbonyl (C=O) groups excluding carboxylic acids is 2. The Bertz CT molecular complexity index is 1710. The van der Waals surface area contributed by atoms with Crippen LogP contribution in [-0.4, -0.2) is 49.4 Å². The molecule has 3 aliphatic rings. The third kappa shape index (κ3) is 4.06.